The first-order chi connectivity index (χ1) is 4.86. The van der Waals surface area contributed by atoms with Gasteiger partial charge in [-0.2, -0.15) is 0 Å². The summed E-state index contributed by atoms with van der Waals surface area (Å²) >= 11 is 0. The van der Waals surface area contributed by atoms with Gasteiger partial charge in [0.05, 0.1) is 5.69 Å². The van der Waals surface area contributed by atoms with Crippen LogP contribution in [0.2, 0.25) is 0 Å². The zero-order valence-electron chi connectivity index (χ0n) is 5.35. The second-order valence-electron chi connectivity index (χ2n) is 1.92. The summed E-state index contributed by atoms with van der Waals surface area (Å²) in [5, 5.41) is 0. The highest BCUT2D eigenvalue weighted by Gasteiger charge is 1.94. The number of nitrogens with zero attached hydrogens (tertiary/aromatic N) is 1. The zero-order chi connectivity index (χ0) is 7.40. The lowest BCUT2D eigenvalue weighted by Gasteiger charge is -1.94. The summed E-state index contributed by atoms with van der Waals surface area (Å²) in [5.41, 5.74) is 0.762. The van der Waals surface area contributed by atoms with Crippen molar-refractivity contribution in [1.82, 2.24) is 4.98 Å². The second kappa shape index (κ2) is 3.25. The molecule has 0 aliphatic heterocycles. The van der Waals surface area contributed by atoms with Gasteiger partial charge in [0.25, 0.3) is 0 Å². The van der Waals surface area contributed by atoms with Crippen LogP contribution in [-0.2, 0) is 13.3 Å². The number of halogens is 2. The largest absolute Gasteiger partial charge is 0.258 e. The molecular weight excluding hydrogens is 136 g/mol. The summed E-state index contributed by atoms with van der Waals surface area (Å²) in [6, 6.07) is 2.94. The Morgan fingerprint density at radius 2 is 2.10 bits per heavy atom. The minimum Gasteiger partial charge on any atom is -0.258 e. The Morgan fingerprint density at radius 1 is 1.30 bits per heavy atom. The number of aromatic nitrogens is 1. The van der Waals surface area contributed by atoms with Crippen molar-refractivity contribution in [1.29, 1.82) is 0 Å². The summed E-state index contributed by atoms with van der Waals surface area (Å²) < 4.78 is 23.7. The van der Waals surface area contributed by atoms with Crippen LogP contribution in [0.15, 0.2) is 18.3 Å². The van der Waals surface area contributed by atoms with Gasteiger partial charge in [-0.25, -0.2) is 8.78 Å². The number of pyridine rings is 1. The maximum atomic E-state index is 11.9. The van der Waals surface area contributed by atoms with Crippen LogP contribution < -0.4 is 0 Å². The zero-order valence-corrected chi connectivity index (χ0v) is 5.35. The first-order valence-corrected chi connectivity index (χ1v) is 2.92. The van der Waals surface area contributed by atoms with Gasteiger partial charge in [-0.05, 0) is 17.7 Å². The van der Waals surface area contributed by atoms with E-state index in [1.165, 1.54) is 18.3 Å². The average molecular weight is 143 g/mol. The summed E-state index contributed by atoms with van der Waals surface area (Å²) in [5.74, 6) is 0. The third kappa shape index (κ3) is 1.50. The second-order valence-corrected chi connectivity index (χ2v) is 1.92. The predicted molar refractivity (Wildman–Crippen MR) is 33.9 cm³/mol. The quantitative estimate of drug-likeness (QED) is 0.617. The smallest absolute Gasteiger partial charge is 0.131 e. The molecule has 1 aromatic rings. The van der Waals surface area contributed by atoms with Gasteiger partial charge in [-0.1, -0.05) is 0 Å². The van der Waals surface area contributed by atoms with E-state index in [0.29, 0.717) is 5.56 Å². The Hall–Kier alpha value is -0.990. The number of hydrogen-bond acceptors (Lipinski definition) is 1. The first-order valence-electron chi connectivity index (χ1n) is 2.92. The van der Waals surface area contributed by atoms with Gasteiger partial charge in [0.2, 0.25) is 0 Å². The summed E-state index contributed by atoms with van der Waals surface area (Å²) in [7, 11) is 0. The molecule has 0 aromatic carbocycles. The van der Waals surface area contributed by atoms with Crippen molar-refractivity contribution in [2.24, 2.45) is 0 Å². The van der Waals surface area contributed by atoms with Crippen LogP contribution in [0.1, 0.15) is 11.3 Å². The van der Waals surface area contributed by atoms with E-state index in [1.54, 1.807) is 0 Å². The summed E-state index contributed by atoms with van der Waals surface area (Å²) in [6.07, 6.45) is 1.41. The molecule has 3 heteroatoms. The molecular formula is C7H7F2N. The minimum atomic E-state index is -0.631. The van der Waals surface area contributed by atoms with Crippen LogP contribution >= 0.6 is 0 Å². The molecule has 0 N–H and O–H groups in total. The highest BCUT2D eigenvalue weighted by atomic mass is 19.1. The number of rotatable bonds is 2. The Morgan fingerprint density at radius 3 is 2.70 bits per heavy atom. The molecule has 0 aliphatic carbocycles. The Labute approximate surface area is 57.7 Å². The molecule has 1 heterocycles. The van der Waals surface area contributed by atoms with E-state index in [1.807, 2.05) is 0 Å². The molecule has 0 spiro atoms. The van der Waals surface area contributed by atoms with Crippen molar-refractivity contribution >= 4 is 0 Å². The number of alkyl halides is 2. The molecule has 0 radical (unpaired) electrons. The van der Waals surface area contributed by atoms with Crippen molar-refractivity contribution in [3.8, 4) is 0 Å². The molecule has 0 saturated heterocycles. The van der Waals surface area contributed by atoms with Crippen LogP contribution in [0.3, 0.4) is 0 Å². The third-order valence-electron chi connectivity index (χ3n) is 1.17. The van der Waals surface area contributed by atoms with E-state index in [2.05, 4.69) is 4.98 Å². The van der Waals surface area contributed by atoms with Crippen molar-refractivity contribution in [3.63, 3.8) is 0 Å². The van der Waals surface area contributed by atoms with Crippen molar-refractivity contribution in [3.05, 3.63) is 29.6 Å². The van der Waals surface area contributed by atoms with Crippen LogP contribution in [0.5, 0.6) is 0 Å². The lowest BCUT2D eigenvalue weighted by atomic mass is 10.2. The molecule has 54 valence electrons. The third-order valence-corrected chi connectivity index (χ3v) is 1.17. The molecule has 10 heavy (non-hydrogen) atoms. The Kier molecular flexibility index (Phi) is 2.31. The van der Waals surface area contributed by atoms with E-state index < -0.39 is 13.3 Å². The fourth-order valence-electron chi connectivity index (χ4n) is 0.684. The minimum absolute atomic E-state index is 0.287. The van der Waals surface area contributed by atoms with E-state index in [4.69, 9.17) is 0 Å². The maximum absolute atomic E-state index is 11.9. The van der Waals surface area contributed by atoms with Gasteiger partial charge in [0.1, 0.15) is 13.3 Å². The van der Waals surface area contributed by atoms with E-state index in [-0.39, 0.29) is 5.69 Å². The first kappa shape index (κ1) is 7.12. The van der Waals surface area contributed by atoms with Crippen LogP contribution in [0.4, 0.5) is 8.78 Å². The highest BCUT2D eigenvalue weighted by Crippen LogP contribution is 2.03. The molecule has 0 aliphatic rings. The highest BCUT2D eigenvalue weighted by molar-refractivity contribution is 5.14. The molecule has 0 saturated carbocycles. The van der Waals surface area contributed by atoms with Gasteiger partial charge in [0.15, 0.2) is 0 Å². The van der Waals surface area contributed by atoms with Crippen molar-refractivity contribution in [2.45, 2.75) is 13.3 Å². The SMILES string of the molecule is FCc1ccnc(CF)c1. The molecule has 0 unspecified atom stereocenters. The van der Waals surface area contributed by atoms with Gasteiger partial charge < -0.3 is 0 Å². The van der Waals surface area contributed by atoms with Gasteiger partial charge in [0, 0.05) is 6.20 Å². The van der Waals surface area contributed by atoms with E-state index >= 15 is 0 Å². The molecule has 1 nitrogen and oxygen atoms in total. The predicted octanol–water partition coefficient (Wildman–Crippen LogP) is 2.02. The van der Waals surface area contributed by atoms with Gasteiger partial charge >= 0.3 is 0 Å². The normalized spacial score (nSPS) is 9.80. The van der Waals surface area contributed by atoms with E-state index in [9.17, 15) is 8.78 Å². The fraction of sp³-hybridized carbons (Fsp3) is 0.286. The fourth-order valence-corrected chi connectivity index (χ4v) is 0.684. The molecule has 1 aromatic heterocycles. The Bertz CT molecular complexity index is 193. The molecule has 0 amide bonds. The maximum Gasteiger partial charge on any atom is 0.131 e. The number of hydrogen-bond donors (Lipinski definition) is 0. The molecule has 1 rings (SSSR count). The summed E-state index contributed by atoms with van der Waals surface area (Å²) in [4.78, 5) is 3.66. The molecule has 0 fully saturated rings. The van der Waals surface area contributed by atoms with Crippen molar-refractivity contribution in [2.75, 3.05) is 0 Å². The Balaban J connectivity index is 2.87. The molecule has 0 atom stereocenters. The monoisotopic (exact) mass is 143 g/mol. The van der Waals surface area contributed by atoms with Crippen LogP contribution in [-0.4, -0.2) is 4.98 Å². The average Bonchev–Trinajstić information content (AvgIpc) is 2.05. The van der Waals surface area contributed by atoms with Gasteiger partial charge in [-0.15, -0.1) is 0 Å². The standard InChI is InChI=1S/C7H7F2N/c8-4-6-1-2-10-7(3-6)5-9/h1-3H,4-5H2. The molecule has 0 bridgehead atoms. The topological polar surface area (TPSA) is 12.9 Å². The van der Waals surface area contributed by atoms with Crippen LogP contribution in [0.25, 0.3) is 0 Å². The van der Waals surface area contributed by atoms with Gasteiger partial charge in [-0.3, -0.25) is 4.98 Å². The van der Waals surface area contributed by atoms with E-state index in [0.717, 1.165) is 0 Å². The van der Waals surface area contributed by atoms with Crippen LogP contribution in [0, 0.1) is 0 Å². The summed E-state index contributed by atoms with van der Waals surface area (Å²) in [6.45, 7) is -1.19. The lowest BCUT2D eigenvalue weighted by molar-refractivity contribution is 0.468. The lowest BCUT2D eigenvalue weighted by Crippen LogP contribution is -1.87. The van der Waals surface area contributed by atoms with Crippen molar-refractivity contribution < 1.29 is 8.78 Å².